The summed E-state index contributed by atoms with van der Waals surface area (Å²) in [4.78, 5) is 8.07. The molecule has 78 valence electrons. The SMILES string of the molecule is C(/C=C/c1cccnc1)=C\c1cccnc1. The van der Waals surface area contributed by atoms with E-state index in [-0.39, 0.29) is 0 Å². The van der Waals surface area contributed by atoms with E-state index in [1.807, 2.05) is 61.0 Å². The molecule has 0 unspecified atom stereocenters. The summed E-state index contributed by atoms with van der Waals surface area (Å²) in [5.41, 5.74) is 2.19. The van der Waals surface area contributed by atoms with Crippen LogP contribution in [0.4, 0.5) is 0 Å². The summed E-state index contributed by atoms with van der Waals surface area (Å²) in [7, 11) is 0. The summed E-state index contributed by atoms with van der Waals surface area (Å²) in [5.74, 6) is 0. The summed E-state index contributed by atoms with van der Waals surface area (Å²) >= 11 is 0. The number of hydrogen-bond acceptors (Lipinski definition) is 2. The van der Waals surface area contributed by atoms with Crippen LogP contribution >= 0.6 is 0 Å². The summed E-state index contributed by atoms with van der Waals surface area (Å²) in [5, 5.41) is 0. The van der Waals surface area contributed by atoms with Crippen LogP contribution in [-0.2, 0) is 0 Å². The molecule has 0 saturated carbocycles. The fourth-order valence-electron chi connectivity index (χ4n) is 1.28. The summed E-state index contributed by atoms with van der Waals surface area (Å²) < 4.78 is 0. The Morgan fingerprint density at radius 3 is 1.62 bits per heavy atom. The average molecular weight is 208 g/mol. The van der Waals surface area contributed by atoms with Crippen molar-refractivity contribution < 1.29 is 0 Å². The van der Waals surface area contributed by atoms with Crippen molar-refractivity contribution in [3.8, 4) is 0 Å². The molecule has 0 atom stereocenters. The molecule has 0 aliphatic heterocycles. The minimum atomic E-state index is 1.10. The molecule has 0 saturated heterocycles. The van der Waals surface area contributed by atoms with E-state index in [1.165, 1.54) is 0 Å². The molecular weight excluding hydrogens is 196 g/mol. The van der Waals surface area contributed by atoms with Crippen LogP contribution in [-0.4, -0.2) is 9.97 Å². The number of aromatic nitrogens is 2. The molecule has 0 spiro atoms. The van der Waals surface area contributed by atoms with Gasteiger partial charge in [0, 0.05) is 24.8 Å². The largest absolute Gasteiger partial charge is 0.264 e. The molecule has 0 aliphatic rings. The van der Waals surface area contributed by atoms with E-state index in [0.29, 0.717) is 0 Å². The Hall–Kier alpha value is -2.22. The molecule has 0 N–H and O–H groups in total. The van der Waals surface area contributed by atoms with Gasteiger partial charge in [-0.15, -0.1) is 0 Å². The van der Waals surface area contributed by atoms with Gasteiger partial charge in [-0.05, 0) is 23.3 Å². The standard InChI is InChI=1S/C14H12N2/c1(5-13-7-3-9-15-11-13)2-6-14-8-4-10-16-12-14/h1-12H/b5-1+,6-2+. The monoisotopic (exact) mass is 208 g/mol. The smallest absolute Gasteiger partial charge is 0.0340 e. The van der Waals surface area contributed by atoms with Crippen molar-refractivity contribution in [1.29, 1.82) is 0 Å². The Kier molecular flexibility index (Phi) is 3.61. The number of hydrogen-bond donors (Lipinski definition) is 0. The molecule has 0 fully saturated rings. The Balaban J connectivity index is 1.98. The van der Waals surface area contributed by atoms with Crippen LogP contribution < -0.4 is 0 Å². The van der Waals surface area contributed by atoms with E-state index in [2.05, 4.69) is 9.97 Å². The first kappa shape index (κ1) is 10.3. The van der Waals surface area contributed by atoms with Crippen LogP contribution in [0, 0.1) is 0 Å². The lowest BCUT2D eigenvalue weighted by Gasteiger charge is -1.89. The zero-order valence-corrected chi connectivity index (χ0v) is 8.82. The Morgan fingerprint density at radius 2 is 1.25 bits per heavy atom. The Bertz CT molecular complexity index is 425. The van der Waals surface area contributed by atoms with Gasteiger partial charge < -0.3 is 0 Å². The molecule has 16 heavy (non-hydrogen) atoms. The third-order valence-corrected chi connectivity index (χ3v) is 2.06. The van der Waals surface area contributed by atoms with Gasteiger partial charge in [0.25, 0.3) is 0 Å². The third-order valence-electron chi connectivity index (χ3n) is 2.06. The molecule has 2 aromatic rings. The van der Waals surface area contributed by atoms with Crippen molar-refractivity contribution in [2.45, 2.75) is 0 Å². The molecule has 2 rings (SSSR count). The van der Waals surface area contributed by atoms with E-state index in [1.54, 1.807) is 12.4 Å². The van der Waals surface area contributed by atoms with Gasteiger partial charge in [0.05, 0.1) is 0 Å². The number of rotatable bonds is 3. The van der Waals surface area contributed by atoms with E-state index < -0.39 is 0 Å². The van der Waals surface area contributed by atoms with Crippen LogP contribution in [0.2, 0.25) is 0 Å². The highest BCUT2D eigenvalue weighted by molar-refractivity contribution is 5.55. The van der Waals surface area contributed by atoms with Crippen molar-refractivity contribution in [3.05, 3.63) is 72.3 Å². The van der Waals surface area contributed by atoms with Gasteiger partial charge in [0.2, 0.25) is 0 Å². The fourth-order valence-corrected chi connectivity index (χ4v) is 1.28. The van der Waals surface area contributed by atoms with Crippen molar-refractivity contribution in [3.63, 3.8) is 0 Å². The minimum Gasteiger partial charge on any atom is -0.264 e. The zero-order chi connectivity index (χ0) is 11.1. The predicted octanol–water partition coefficient (Wildman–Crippen LogP) is 3.20. The van der Waals surface area contributed by atoms with E-state index in [4.69, 9.17) is 0 Å². The van der Waals surface area contributed by atoms with Gasteiger partial charge in [-0.25, -0.2) is 0 Å². The lowest BCUT2D eigenvalue weighted by Crippen LogP contribution is -1.73. The van der Waals surface area contributed by atoms with Gasteiger partial charge in [-0.3, -0.25) is 9.97 Å². The third kappa shape index (κ3) is 3.17. The van der Waals surface area contributed by atoms with Crippen LogP contribution in [0.3, 0.4) is 0 Å². The molecule has 2 nitrogen and oxygen atoms in total. The molecule has 2 aromatic heterocycles. The van der Waals surface area contributed by atoms with Gasteiger partial charge >= 0.3 is 0 Å². The molecule has 0 aliphatic carbocycles. The number of nitrogens with zero attached hydrogens (tertiary/aromatic N) is 2. The maximum atomic E-state index is 4.04. The Labute approximate surface area is 95.0 Å². The van der Waals surface area contributed by atoms with Crippen LogP contribution in [0.1, 0.15) is 11.1 Å². The van der Waals surface area contributed by atoms with Crippen molar-refractivity contribution >= 4 is 12.2 Å². The van der Waals surface area contributed by atoms with E-state index >= 15 is 0 Å². The predicted molar refractivity (Wildman–Crippen MR) is 66.5 cm³/mol. The molecular formula is C14H12N2. The van der Waals surface area contributed by atoms with E-state index in [9.17, 15) is 0 Å². The molecule has 0 radical (unpaired) electrons. The van der Waals surface area contributed by atoms with Crippen molar-refractivity contribution in [2.75, 3.05) is 0 Å². The molecule has 2 heteroatoms. The van der Waals surface area contributed by atoms with Gasteiger partial charge in [0.1, 0.15) is 0 Å². The quantitative estimate of drug-likeness (QED) is 0.724. The first-order chi connectivity index (χ1) is 7.95. The normalized spacial score (nSPS) is 11.2. The zero-order valence-electron chi connectivity index (χ0n) is 8.82. The van der Waals surface area contributed by atoms with Crippen LogP contribution in [0.15, 0.2) is 61.2 Å². The first-order valence-electron chi connectivity index (χ1n) is 5.10. The lowest BCUT2D eigenvalue weighted by molar-refractivity contribution is 1.32. The van der Waals surface area contributed by atoms with Crippen molar-refractivity contribution in [1.82, 2.24) is 9.97 Å². The minimum absolute atomic E-state index is 1.10. The van der Waals surface area contributed by atoms with Gasteiger partial charge in [0.15, 0.2) is 0 Å². The lowest BCUT2D eigenvalue weighted by atomic mass is 10.2. The summed E-state index contributed by atoms with van der Waals surface area (Å²) in [6.07, 6.45) is 15.2. The maximum absolute atomic E-state index is 4.04. The van der Waals surface area contributed by atoms with Gasteiger partial charge in [-0.1, -0.05) is 36.4 Å². The molecule has 0 bridgehead atoms. The molecule has 0 amide bonds. The van der Waals surface area contributed by atoms with Gasteiger partial charge in [-0.2, -0.15) is 0 Å². The van der Waals surface area contributed by atoms with Crippen molar-refractivity contribution in [2.24, 2.45) is 0 Å². The second kappa shape index (κ2) is 5.61. The van der Waals surface area contributed by atoms with Crippen LogP contribution in [0.5, 0.6) is 0 Å². The number of pyridine rings is 2. The fraction of sp³-hybridized carbons (Fsp3) is 0. The average Bonchev–Trinajstić information content (AvgIpc) is 2.37. The van der Waals surface area contributed by atoms with E-state index in [0.717, 1.165) is 11.1 Å². The maximum Gasteiger partial charge on any atom is 0.0340 e. The highest BCUT2D eigenvalue weighted by atomic mass is 14.6. The van der Waals surface area contributed by atoms with Crippen LogP contribution in [0.25, 0.3) is 12.2 Å². The highest BCUT2D eigenvalue weighted by Gasteiger charge is 1.82. The first-order valence-corrected chi connectivity index (χ1v) is 5.10. The molecule has 2 heterocycles. The summed E-state index contributed by atoms with van der Waals surface area (Å²) in [6.45, 7) is 0. The second-order valence-corrected chi connectivity index (χ2v) is 3.29. The molecule has 0 aromatic carbocycles. The topological polar surface area (TPSA) is 25.8 Å². The second-order valence-electron chi connectivity index (χ2n) is 3.29. The Morgan fingerprint density at radius 1 is 0.750 bits per heavy atom. The summed E-state index contributed by atoms with van der Waals surface area (Å²) in [6, 6.07) is 7.87. The highest BCUT2D eigenvalue weighted by Crippen LogP contribution is 2.01. The number of allylic oxidation sites excluding steroid dienone is 2.